The van der Waals surface area contributed by atoms with Crippen molar-refractivity contribution in [1.29, 1.82) is 5.26 Å². The highest BCUT2D eigenvalue weighted by atomic mass is 16.4. The molecule has 0 bridgehead atoms. The van der Waals surface area contributed by atoms with Gasteiger partial charge in [0.15, 0.2) is 0 Å². The fourth-order valence-electron chi connectivity index (χ4n) is 1.22. The molecule has 1 saturated carbocycles. The largest absolute Gasteiger partial charge is 0.480 e. The van der Waals surface area contributed by atoms with E-state index in [0.717, 1.165) is 12.8 Å². The lowest BCUT2D eigenvalue weighted by atomic mass is 10.0. The van der Waals surface area contributed by atoms with Crippen LogP contribution in [0.5, 0.6) is 0 Å². The smallest absolute Gasteiger partial charge is 0.320 e. The van der Waals surface area contributed by atoms with Gasteiger partial charge in [-0.15, -0.1) is 0 Å². The standard InChI is InChI=1S/C9H14N2O2/c1-7(8(12)13)11-6-9(2-3-9)4-5-10/h7,11H,2-4,6H2,1H3,(H,12,13)/t7-/m1/s1. The SMILES string of the molecule is C[C@@H](NCC1(CC#N)CC1)C(=O)O. The van der Waals surface area contributed by atoms with Gasteiger partial charge in [0.1, 0.15) is 6.04 Å². The second-order valence-corrected chi connectivity index (χ2v) is 3.78. The van der Waals surface area contributed by atoms with E-state index in [-0.39, 0.29) is 5.41 Å². The Balaban J connectivity index is 2.27. The fraction of sp³-hybridized carbons (Fsp3) is 0.778. The van der Waals surface area contributed by atoms with E-state index in [1.165, 1.54) is 0 Å². The maximum atomic E-state index is 10.5. The molecule has 0 aromatic heterocycles. The van der Waals surface area contributed by atoms with Gasteiger partial charge in [0.25, 0.3) is 0 Å². The molecule has 72 valence electrons. The fourth-order valence-corrected chi connectivity index (χ4v) is 1.22. The van der Waals surface area contributed by atoms with Gasteiger partial charge in [0.05, 0.1) is 6.07 Å². The summed E-state index contributed by atoms with van der Waals surface area (Å²) in [5.41, 5.74) is 0.0818. The average molecular weight is 182 g/mol. The van der Waals surface area contributed by atoms with Gasteiger partial charge in [0.2, 0.25) is 0 Å². The normalized spacial score (nSPS) is 20.3. The van der Waals surface area contributed by atoms with Gasteiger partial charge in [-0.2, -0.15) is 5.26 Å². The second-order valence-electron chi connectivity index (χ2n) is 3.78. The van der Waals surface area contributed by atoms with E-state index in [0.29, 0.717) is 13.0 Å². The minimum absolute atomic E-state index is 0.0818. The van der Waals surface area contributed by atoms with Crippen LogP contribution in [0.25, 0.3) is 0 Å². The molecule has 0 heterocycles. The van der Waals surface area contributed by atoms with Crippen LogP contribution in [-0.4, -0.2) is 23.7 Å². The van der Waals surface area contributed by atoms with Crippen molar-refractivity contribution in [1.82, 2.24) is 5.32 Å². The molecule has 1 aliphatic carbocycles. The Morgan fingerprint density at radius 2 is 2.38 bits per heavy atom. The first kappa shape index (κ1) is 10.0. The number of nitrogens with zero attached hydrogens (tertiary/aromatic N) is 1. The summed E-state index contributed by atoms with van der Waals surface area (Å²) in [7, 11) is 0. The minimum Gasteiger partial charge on any atom is -0.480 e. The summed E-state index contributed by atoms with van der Waals surface area (Å²) in [6, 6.07) is 1.62. The Kier molecular flexibility index (Phi) is 2.89. The van der Waals surface area contributed by atoms with E-state index in [1.807, 2.05) is 0 Å². The van der Waals surface area contributed by atoms with Crippen molar-refractivity contribution in [3.8, 4) is 6.07 Å². The van der Waals surface area contributed by atoms with Crippen LogP contribution >= 0.6 is 0 Å². The van der Waals surface area contributed by atoms with Gasteiger partial charge >= 0.3 is 5.97 Å². The molecular weight excluding hydrogens is 168 g/mol. The third-order valence-electron chi connectivity index (χ3n) is 2.56. The van der Waals surface area contributed by atoms with Gasteiger partial charge in [-0.25, -0.2) is 0 Å². The summed E-state index contributed by atoms with van der Waals surface area (Å²) in [4.78, 5) is 10.5. The Hall–Kier alpha value is -1.08. The van der Waals surface area contributed by atoms with Gasteiger partial charge < -0.3 is 10.4 Å². The van der Waals surface area contributed by atoms with E-state index in [9.17, 15) is 4.79 Å². The average Bonchev–Trinajstić information content (AvgIpc) is 2.82. The number of nitriles is 1. The zero-order valence-electron chi connectivity index (χ0n) is 7.71. The van der Waals surface area contributed by atoms with Crippen LogP contribution in [0.4, 0.5) is 0 Å². The molecular formula is C9H14N2O2. The monoisotopic (exact) mass is 182 g/mol. The second kappa shape index (κ2) is 3.75. The van der Waals surface area contributed by atoms with Crippen LogP contribution in [0, 0.1) is 16.7 Å². The number of carbonyl (C=O) groups is 1. The molecule has 13 heavy (non-hydrogen) atoms. The lowest BCUT2D eigenvalue weighted by molar-refractivity contribution is -0.139. The highest BCUT2D eigenvalue weighted by molar-refractivity contribution is 5.72. The molecule has 0 aromatic carbocycles. The molecule has 4 heteroatoms. The first-order valence-electron chi connectivity index (χ1n) is 4.43. The Bertz CT molecular complexity index is 240. The zero-order chi connectivity index (χ0) is 9.90. The molecule has 0 saturated heterocycles. The summed E-state index contributed by atoms with van der Waals surface area (Å²) < 4.78 is 0. The lowest BCUT2D eigenvalue weighted by Gasteiger charge is -2.14. The summed E-state index contributed by atoms with van der Waals surface area (Å²) in [5.74, 6) is -0.840. The summed E-state index contributed by atoms with van der Waals surface area (Å²) in [6.07, 6.45) is 2.62. The molecule has 0 amide bonds. The van der Waals surface area contributed by atoms with Crippen LogP contribution in [0.1, 0.15) is 26.2 Å². The van der Waals surface area contributed by atoms with E-state index in [1.54, 1.807) is 6.92 Å². The number of nitrogens with one attached hydrogen (secondary N) is 1. The van der Waals surface area contributed by atoms with Crippen LogP contribution < -0.4 is 5.32 Å². The van der Waals surface area contributed by atoms with Crippen LogP contribution in [-0.2, 0) is 4.79 Å². The molecule has 0 unspecified atom stereocenters. The quantitative estimate of drug-likeness (QED) is 0.657. The Morgan fingerprint density at radius 1 is 1.77 bits per heavy atom. The van der Waals surface area contributed by atoms with Crippen molar-refractivity contribution in [3.05, 3.63) is 0 Å². The Labute approximate surface area is 77.6 Å². The Morgan fingerprint density at radius 3 is 2.77 bits per heavy atom. The molecule has 0 aliphatic heterocycles. The van der Waals surface area contributed by atoms with Crippen molar-refractivity contribution in [2.75, 3.05) is 6.54 Å². The maximum Gasteiger partial charge on any atom is 0.320 e. The van der Waals surface area contributed by atoms with Crippen LogP contribution in [0.2, 0.25) is 0 Å². The van der Waals surface area contributed by atoms with E-state index < -0.39 is 12.0 Å². The van der Waals surface area contributed by atoms with Gasteiger partial charge in [-0.1, -0.05) is 0 Å². The van der Waals surface area contributed by atoms with Gasteiger partial charge in [0, 0.05) is 13.0 Å². The molecule has 1 atom stereocenters. The molecule has 1 aliphatic rings. The van der Waals surface area contributed by atoms with E-state index in [2.05, 4.69) is 11.4 Å². The summed E-state index contributed by atoms with van der Waals surface area (Å²) >= 11 is 0. The molecule has 1 fully saturated rings. The highest BCUT2D eigenvalue weighted by Gasteiger charge is 2.42. The predicted molar refractivity (Wildman–Crippen MR) is 47.0 cm³/mol. The molecule has 4 nitrogen and oxygen atoms in total. The first-order chi connectivity index (χ1) is 6.09. The molecule has 0 aromatic rings. The zero-order valence-corrected chi connectivity index (χ0v) is 7.71. The number of rotatable bonds is 5. The number of aliphatic carboxylic acids is 1. The van der Waals surface area contributed by atoms with Crippen LogP contribution in [0.15, 0.2) is 0 Å². The molecule has 0 spiro atoms. The van der Waals surface area contributed by atoms with Crippen molar-refractivity contribution < 1.29 is 9.90 Å². The number of hydrogen-bond acceptors (Lipinski definition) is 3. The molecule has 2 N–H and O–H groups in total. The van der Waals surface area contributed by atoms with Crippen molar-refractivity contribution in [2.45, 2.75) is 32.2 Å². The topological polar surface area (TPSA) is 73.1 Å². The number of carboxylic acids is 1. The first-order valence-corrected chi connectivity index (χ1v) is 4.43. The molecule has 1 rings (SSSR count). The van der Waals surface area contributed by atoms with Gasteiger partial charge in [-0.3, -0.25) is 4.79 Å². The summed E-state index contributed by atoms with van der Waals surface area (Å²) in [6.45, 7) is 2.26. The lowest BCUT2D eigenvalue weighted by Crippen LogP contribution is -2.37. The van der Waals surface area contributed by atoms with E-state index in [4.69, 9.17) is 10.4 Å². The minimum atomic E-state index is -0.840. The maximum absolute atomic E-state index is 10.5. The highest BCUT2D eigenvalue weighted by Crippen LogP contribution is 2.47. The van der Waals surface area contributed by atoms with Crippen molar-refractivity contribution >= 4 is 5.97 Å². The number of carboxylic acid groups (broad SMARTS) is 1. The third kappa shape index (κ3) is 2.71. The third-order valence-corrected chi connectivity index (χ3v) is 2.56. The van der Waals surface area contributed by atoms with Gasteiger partial charge in [-0.05, 0) is 25.2 Å². The van der Waals surface area contributed by atoms with Crippen molar-refractivity contribution in [2.24, 2.45) is 5.41 Å². The van der Waals surface area contributed by atoms with Crippen LogP contribution in [0.3, 0.4) is 0 Å². The molecule has 0 radical (unpaired) electrons. The number of hydrogen-bond donors (Lipinski definition) is 2. The van der Waals surface area contributed by atoms with Crippen molar-refractivity contribution in [3.63, 3.8) is 0 Å². The summed E-state index contributed by atoms with van der Waals surface area (Å²) in [5, 5.41) is 20.0. The predicted octanol–water partition coefficient (Wildman–Crippen LogP) is 0.743. The van der Waals surface area contributed by atoms with E-state index >= 15 is 0 Å².